The van der Waals surface area contributed by atoms with Crippen LogP contribution in [-0.4, -0.2) is 47.0 Å². The standard InChI is InChI=1S/C20H23FN2O2S/c21-17-4-2-1-3-16(17)18(24)13-22-8-5-14(6-9-22)11-23-12-15-7-10-26-19(15)20(23)25/h1-4,7,10,14,18,24H,5-6,8-9,11-13H2/t18-/m0/s1. The highest BCUT2D eigenvalue weighted by Crippen LogP contribution is 2.30. The van der Waals surface area contributed by atoms with Crippen molar-refractivity contribution < 1.29 is 14.3 Å². The highest BCUT2D eigenvalue weighted by Gasteiger charge is 2.31. The number of rotatable bonds is 5. The van der Waals surface area contributed by atoms with E-state index in [1.807, 2.05) is 16.3 Å². The molecule has 4 rings (SSSR count). The predicted molar refractivity (Wildman–Crippen MR) is 99.6 cm³/mol. The lowest BCUT2D eigenvalue weighted by molar-refractivity contribution is 0.0651. The Labute approximate surface area is 156 Å². The molecule has 1 aromatic heterocycles. The monoisotopic (exact) mass is 374 g/mol. The first-order valence-corrected chi connectivity index (χ1v) is 10.0. The third-order valence-electron chi connectivity index (χ3n) is 5.47. The van der Waals surface area contributed by atoms with Crippen LogP contribution in [-0.2, 0) is 6.54 Å². The van der Waals surface area contributed by atoms with Crippen LogP contribution in [0.25, 0.3) is 0 Å². The van der Waals surface area contributed by atoms with Crippen LogP contribution in [0.2, 0.25) is 0 Å². The maximum Gasteiger partial charge on any atom is 0.264 e. The second-order valence-electron chi connectivity index (χ2n) is 7.24. The Morgan fingerprint density at radius 2 is 2.00 bits per heavy atom. The number of aliphatic hydroxyl groups excluding tert-OH is 1. The number of halogens is 1. The molecular formula is C20H23FN2O2S. The topological polar surface area (TPSA) is 43.8 Å². The first-order valence-electron chi connectivity index (χ1n) is 9.12. The Balaban J connectivity index is 1.26. The van der Waals surface area contributed by atoms with E-state index in [2.05, 4.69) is 4.90 Å². The molecule has 1 atom stereocenters. The number of hydrogen-bond acceptors (Lipinski definition) is 4. The number of β-amino-alcohol motifs (C(OH)–C–C–N with tert-alkyl or cyclic N) is 1. The Morgan fingerprint density at radius 1 is 1.23 bits per heavy atom. The van der Waals surface area contributed by atoms with Crippen molar-refractivity contribution in [2.75, 3.05) is 26.2 Å². The number of fused-ring (bicyclic) bond motifs is 1. The van der Waals surface area contributed by atoms with E-state index in [9.17, 15) is 14.3 Å². The number of piperidine rings is 1. The minimum absolute atomic E-state index is 0.174. The van der Waals surface area contributed by atoms with Crippen LogP contribution in [0.3, 0.4) is 0 Å². The van der Waals surface area contributed by atoms with Gasteiger partial charge in [0.15, 0.2) is 0 Å². The Morgan fingerprint density at radius 3 is 2.73 bits per heavy atom. The number of carbonyl (C=O) groups excluding carboxylic acids is 1. The van der Waals surface area contributed by atoms with Gasteiger partial charge in [0.2, 0.25) is 0 Å². The molecule has 0 spiro atoms. The van der Waals surface area contributed by atoms with E-state index < -0.39 is 6.10 Å². The largest absolute Gasteiger partial charge is 0.387 e. The maximum atomic E-state index is 13.8. The number of nitrogens with zero attached hydrogens (tertiary/aromatic N) is 2. The summed E-state index contributed by atoms with van der Waals surface area (Å²) in [6.07, 6.45) is 1.20. The summed E-state index contributed by atoms with van der Waals surface area (Å²) in [4.78, 5) is 17.4. The Bertz CT molecular complexity index is 786. The lowest BCUT2D eigenvalue weighted by atomic mass is 9.95. The fourth-order valence-electron chi connectivity index (χ4n) is 3.97. The molecule has 0 unspecified atom stereocenters. The van der Waals surface area contributed by atoms with Gasteiger partial charge in [-0.05, 0) is 54.9 Å². The van der Waals surface area contributed by atoms with E-state index >= 15 is 0 Å². The van der Waals surface area contributed by atoms with Gasteiger partial charge >= 0.3 is 0 Å². The van der Waals surface area contributed by atoms with Gasteiger partial charge in [0, 0.05) is 25.2 Å². The molecular weight excluding hydrogens is 351 g/mol. The molecule has 1 N–H and O–H groups in total. The number of hydrogen-bond donors (Lipinski definition) is 1. The fourth-order valence-corrected chi connectivity index (χ4v) is 4.85. The SMILES string of the molecule is O=C1c2sccc2CN1CC1CCN(C[C@H](O)c2ccccc2F)CC1. The van der Waals surface area contributed by atoms with E-state index in [1.54, 1.807) is 18.2 Å². The number of aliphatic hydroxyl groups is 1. The van der Waals surface area contributed by atoms with Gasteiger partial charge in [-0.2, -0.15) is 0 Å². The average molecular weight is 374 g/mol. The summed E-state index contributed by atoms with van der Waals surface area (Å²) in [6, 6.07) is 8.46. The average Bonchev–Trinajstić information content (AvgIpc) is 3.21. The molecule has 4 nitrogen and oxygen atoms in total. The minimum atomic E-state index is -0.802. The number of likely N-dealkylation sites (tertiary alicyclic amines) is 1. The molecule has 2 aliphatic heterocycles. The molecule has 26 heavy (non-hydrogen) atoms. The number of amides is 1. The van der Waals surface area contributed by atoms with Gasteiger partial charge < -0.3 is 14.9 Å². The van der Waals surface area contributed by atoms with Crippen molar-refractivity contribution in [2.45, 2.75) is 25.5 Å². The van der Waals surface area contributed by atoms with Crippen LogP contribution in [0.5, 0.6) is 0 Å². The molecule has 1 saturated heterocycles. The first kappa shape index (κ1) is 17.6. The minimum Gasteiger partial charge on any atom is -0.387 e. The van der Waals surface area contributed by atoms with Crippen LogP contribution in [0, 0.1) is 11.7 Å². The van der Waals surface area contributed by atoms with Gasteiger partial charge in [0.1, 0.15) is 5.82 Å². The Hall–Kier alpha value is -1.76. The van der Waals surface area contributed by atoms with Crippen LogP contribution >= 0.6 is 11.3 Å². The maximum absolute atomic E-state index is 13.8. The summed E-state index contributed by atoms with van der Waals surface area (Å²) >= 11 is 1.53. The van der Waals surface area contributed by atoms with Gasteiger partial charge in [-0.3, -0.25) is 4.79 Å². The highest BCUT2D eigenvalue weighted by atomic mass is 32.1. The van der Waals surface area contributed by atoms with E-state index in [0.29, 0.717) is 18.0 Å². The van der Waals surface area contributed by atoms with Crippen molar-refractivity contribution in [2.24, 2.45) is 5.92 Å². The van der Waals surface area contributed by atoms with Gasteiger partial charge in [0.05, 0.1) is 11.0 Å². The fraction of sp³-hybridized carbons (Fsp3) is 0.450. The quantitative estimate of drug-likeness (QED) is 0.873. The van der Waals surface area contributed by atoms with Gasteiger partial charge in [-0.15, -0.1) is 11.3 Å². The second kappa shape index (κ2) is 7.47. The molecule has 1 amide bonds. The zero-order chi connectivity index (χ0) is 18.1. The Kier molecular flexibility index (Phi) is 5.07. The molecule has 0 bridgehead atoms. The number of benzene rings is 1. The lowest BCUT2D eigenvalue weighted by Crippen LogP contribution is -2.40. The third-order valence-corrected chi connectivity index (χ3v) is 6.42. The summed E-state index contributed by atoms with van der Waals surface area (Å²) in [7, 11) is 0. The summed E-state index contributed by atoms with van der Waals surface area (Å²) in [5.41, 5.74) is 1.52. The first-order chi connectivity index (χ1) is 12.6. The lowest BCUT2D eigenvalue weighted by Gasteiger charge is -2.34. The summed E-state index contributed by atoms with van der Waals surface area (Å²) in [5, 5.41) is 12.3. The van der Waals surface area contributed by atoms with Crippen molar-refractivity contribution in [3.63, 3.8) is 0 Å². The van der Waals surface area contributed by atoms with Crippen molar-refractivity contribution in [1.82, 2.24) is 9.80 Å². The molecule has 2 aliphatic rings. The molecule has 1 fully saturated rings. The van der Waals surface area contributed by atoms with E-state index in [-0.39, 0.29) is 11.7 Å². The second-order valence-corrected chi connectivity index (χ2v) is 8.16. The molecule has 1 aromatic carbocycles. The van der Waals surface area contributed by atoms with E-state index in [4.69, 9.17) is 0 Å². The number of carbonyl (C=O) groups is 1. The molecule has 2 aromatic rings. The smallest absolute Gasteiger partial charge is 0.264 e. The number of thiophene rings is 1. The zero-order valence-corrected chi connectivity index (χ0v) is 15.4. The van der Waals surface area contributed by atoms with Crippen LogP contribution in [0.15, 0.2) is 35.7 Å². The van der Waals surface area contributed by atoms with Crippen LogP contribution in [0.1, 0.15) is 39.7 Å². The van der Waals surface area contributed by atoms with Crippen LogP contribution in [0.4, 0.5) is 4.39 Å². The highest BCUT2D eigenvalue weighted by molar-refractivity contribution is 7.12. The molecule has 0 radical (unpaired) electrons. The van der Waals surface area contributed by atoms with Gasteiger partial charge in [0.25, 0.3) is 5.91 Å². The molecule has 6 heteroatoms. The zero-order valence-electron chi connectivity index (χ0n) is 14.6. The third kappa shape index (κ3) is 3.54. The van der Waals surface area contributed by atoms with Crippen molar-refractivity contribution >= 4 is 17.2 Å². The molecule has 0 aliphatic carbocycles. The predicted octanol–water partition coefficient (Wildman–Crippen LogP) is 3.29. The summed E-state index contributed by atoms with van der Waals surface area (Å²) < 4.78 is 13.8. The molecule has 0 saturated carbocycles. The van der Waals surface area contributed by atoms with Crippen molar-refractivity contribution in [3.8, 4) is 0 Å². The van der Waals surface area contributed by atoms with Crippen LogP contribution < -0.4 is 0 Å². The molecule has 3 heterocycles. The van der Waals surface area contributed by atoms with Gasteiger partial charge in [-0.25, -0.2) is 4.39 Å². The summed E-state index contributed by atoms with van der Waals surface area (Å²) in [6.45, 7) is 3.75. The van der Waals surface area contributed by atoms with Gasteiger partial charge in [-0.1, -0.05) is 18.2 Å². The van der Waals surface area contributed by atoms with Crippen molar-refractivity contribution in [1.29, 1.82) is 0 Å². The summed E-state index contributed by atoms with van der Waals surface area (Å²) in [5.74, 6) is 0.317. The van der Waals surface area contributed by atoms with E-state index in [0.717, 1.165) is 49.5 Å². The molecule has 138 valence electrons. The van der Waals surface area contributed by atoms with Crippen molar-refractivity contribution in [3.05, 3.63) is 57.5 Å². The van der Waals surface area contributed by atoms with E-state index in [1.165, 1.54) is 17.4 Å². The normalized spacial score (nSPS) is 19.8.